The number of anilines is 3. The van der Waals surface area contributed by atoms with Crippen molar-refractivity contribution in [3.05, 3.63) is 90.0 Å². The van der Waals surface area contributed by atoms with E-state index in [1.165, 1.54) is 5.06 Å². The predicted molar refractivity (Wildman–Crippen MR) is 144 cm³/mol. The number of urea groups is 1. The Hall–Kier alpha value is -4.92. The third kappa shape index (κ3) is 6.51. The molecule has 1 atom stereocenters. The molecule has 0 spiro atoms. The van der Waals surface area contributed by atoms with Gasteiger partial charge < -0.3 is 20.5 Å². The lowest BCUT2D eigenvalue weighted by Gasteiger charge is -2.23. The van der Waals surface area contributed by atoms with Crippen LogP contribution in [-0.2, 0) is 11.4 Å². The van der Waals surface area contributed by atoms with Gasteiger partial charge in [-0.15, -0.1) is 0 Å². The number of aliphatic hydroxyl groups is 1. The van der Waals surface area contributed by atoms with Gasteiger partial charge in [-0.25, -0.2) is 14.8 Å². The highest BCUT2D eigenvalue weighted by molar-refractivity contribution is 5.89. The van der Waals surface area contributed by atoms with Crippen molar-refractivity contribution in [2.24, 2.45) is 0 Å². The van der Waals surface area contributed by atoms with E-state index in [-0.39, 0.29) is 18.7 Å². The number of ether oxygens (including phenoxy) is 1. The quantitative estimate of drug-likeness (QED) is 0.312. The van der Waals surface area contributed by atoms with Crippen molar-refractivity contribution in [3.63, 3.8) is 0 Å². The van der Waals surface area contributed by atoms with Gasteiger partial charge in [-0.1, -0.05) is 30.0 Å². The maximum Gasteiger partial charge on any atom is 0.346 e. The van der Waals surface area contributed by atoms with E-state index in [4.69, 9.17) is 14.7 Å². The van der Waals surface area contributed by atoms with Crippen LogP contribution in [0.5, 0.6) is 5.75 Å². The summed E-state index contributed by atoms with van der Waals surface area (Å²) in [5.74, 6) is 7.26. The van der Waals surface area contributed by atoms with Crippen LogP contribution in [0.4, 0.5) is 22.1 Å². The fraction of sp³-hybridized carbons (Fsp3) is 0.214. The van der Waals surface area contributed by atoms with Crippen molar-refractivity contribution in [1.82, 2.24) is 24.8 Å². The van der Waals surface area contributed by atoms with Gasteiger partial charge in [0.1, 0.15) is 5.75 Å². The first-order valence-corrected chi connectivity index (χ1v) is 12.3. The molecule has 1 aliphatic heterocycles. The van der Waals surface area contributed by atoms with Gasteiger partial charge in [-0.3, -0.25) is 9.52 Å². The summed E-state index contributed by atoms with van der Waals surface area (Å²) in [7, 11) is 1.61. The summed E-state index contributed by atoms with van der Waals surface area (Å²) in [5.41, 5.74) is 3.62. The van der Waals surface area contributed by atoms with Crippen molar-refractivity contribution < 1.29 is 19.5 Å². The molecular formula is C28H27N7O4. The first-order valence-electron chi connectivity index (χ1n) is 12.3. The molecule has 0 bridgehead atoms. The van der Waals surface area contributed by atoms with Gasteiger partial charge in [0.2, 0.25) is 5.95 Å². The van der Waals surface area contributed by atoms with Gasteiger partial charge in [0, 0.05) is 36.3 Å². The topological polar surface area (TPSA) is 127 Å². The van der Waals surface area contributed by atoms with Crippen molar-refractivity contribution >= 4 is 23.4 Å². The highest BCUT2D eigenvalue weighted by atomic mass is 16.7. The van der Waals surface area contributed by atoms with E-state index in [0.29, 0.717) is 36.8 Å². The van der Waals surface area contributed by atoms with Crippen LogP contribution in [0, 0.1) is 11.8 Å². The maximum atomic E-state index is 13.0. The van der Waals surface area contributed by atoms with E-state index in [2.05, 4.69) is 37.5 Å². The van der Waals surface area contributed by atoms with Gasteiger partial charge in [0.25, 0.3) is 0 Å². The van der Waals surface area contributed by atoms with Crippen LogP contribution in [0.25, 0.3) is 0 Å². The van der Waals surface area contributed by atoms with Crippen LogP contribution in [0.3, 0.4) is 0 Å². The first-order chi connectivity index (χ1) is 19.1. The molecule has 5 rings (SSSR count). The summed E-state index contributed by atoms with van der Waals surface area (Å²) >= 11 is 0. The maximum absolute atomic E-state index is 13.0. The van der Waals surface area contributed by atoms with Crippen LogP contribution < -0.4 is 15.4 Å². The summed E-state index contributed by atoms with van der Waals surface area (Å²) < 4.78 is 6.94. The second-order valence-corrected chi connectivity index (χ2v) is 8.64. The Balaban J connectivity index is 1.21. The molecule has 3 heterocycles. The number of rotatable bonds is 7. The Morgan fingerprint density at radius 3 is 2.74 bits per heavy atom. The van der Waals surface area contributed by atoms with Crippen molar-refractivity contribution in [2.75, 3.05) is 31.0 Å². The molecule has 0 unspecified atom stereocenters. The molecule has 4 aromatic rings. The van der Waals surface area contributed by atoms with Gasteiger partial charge in [0.15, 0.2) is 0 Å². The Morgan fingerprint density at radius 1 is 1.10 bits per heavy atom. The van der Waals surface area contributed by atoms with E-state index >= 15 is 0 Å². The van der Waals surface area contributed by atoms with Crippen molar-refractivity contribution in [1.29, 1.82) is 0 Å². The molecule has 198 valence electrons. The minimum atomic E-state index is -0.358. The van der Waals surface area contributed by atoms with Gasteiger partial charge in [-0.05, 0) is 35.9 Å². The lowest BCUT2D eigenvalue weighted by atomic mass is 10.0. The lowest BCUT2D eigenvalue weighted by Crippen LogP contribution is -2.33. The molecule has 11 nitrogen and oxygen atoms in total. The number of benzene rings is 2. The third-order valence-electron chi connectivity index (χ3n) is 5.92. The van der Waals surface area contributed by atoms with Crippen LogP contribution in [0.2, 0.25) is 0 Å². The molecule has 1 aliphatic rings. The number of aliphatic hydroxyl groups excluding tert-OH is 1. The summed E-state index contributed by atoms with van der Waals surface area (Å²) in [5, 5.41) is 20.5. The smallest absolute Gasteiger partial charge is 0.346 e. The third-order valence-corrected chi connectivity index (χ3v) is 5.92. The average molecular weight is 526 g/mol. The Morgan fingerprint density at radius 2 is 1.92 bits per heavy atom. The number of methoxy groups -OCH3 is 1. The zero-order valence-corrected chi connectivity index (χ0v) is 21.2. The minimum Gasteiger partial charge on any atom is -0.497 e. The molecule has 1 fully saturated rings. The second kappa shape index (κ2) is 12.1. The largest absolute Gasteiger partial charge is 0.497 e. The molecule has 39 heavy (non-hydrogen) atoms. The number of hydroxylamine groups is 2. The summed E-state index contributed by atoms with van der Waals surface area (Å²) in [4.78, 5) is 27.2. The summed E-state index contributed by atoms with van der Waals surface area (Å²) in [6.07, 6.45) is 7.32. The molecule has 0 radical (unpaired) electrons. The molecule has 3 N–H and O–H groups in total. The van der Waals surface area contributed by atoms with Crippen LogP contribution in [0.1, 0.15) is 29.2 Å². The summed E-state index contributed by atoms with van der Waals surface area (Å²) in [6, 6.07) is 14.3. The molecule has 2 aromatic heterocycles. The predicted octanol–water partition coefficient (Wildman–Crippen LogP) is 3.73. The summed E-state index contributed by atoms with van der Waals surface area (Å²) in [6.45, 7) is 0.875. The Kier molecular flexibility index (Phi) is 7.97. The fourth-order valence-corrected chi connectivity index (χ4v) is 4.06. The number of carbonyl (C=O) groups excluding carboxylic acids is 1. The van der Waals surface area contributed by atoms with Crippen LogP contribution >= 0.6 is 0 Å². The second-order valence-electron chi connectivity index (χ2n) is 8.64. The minimum absolute atomic E-state index is 0.0118. The fourth-order valence-electron chi connectivity index (χ4n) is 4.06. The lowest BCUT2D eigenvalue weighted by molar-refractivity contribution is -0.0830. The molecule has 2 amide bonds. The van der Waals surface area contributed by atoms with E-state index < -0.39 is 0 Å². The first kappa shape index (κ1) is 25.7. The highest BCUT2D eigenvalue weighted by Gasteiger charge is 2.32. The normalized spacial score (nSPS) is 14.4. The van der Waals surface area contributed by atoms with Crippen molar-refractivity contribution in [2.45, 2.75) is 19.0 Å². The SMILES string of the molecule is COc1cccc([C@@H]2CCON2C(=O)Nc2cccc(C#Cc3cnc(Nc4cnn(CCO)c4)nc3)c2)c1. The average Bonchev–Trinajstić information content (AvgIpc) is 3.63. The van der Waals surface area contributed by atoms with Gasteiger partial charge >= 0.3 is 6.03 Å². The Bertz CT molecular complexity index is 1490. The standard InChI is InChI=1S/C28H27N7O4/c1-38-25-7-3-5-22(15-25)26-10-13-39-35(26)28(37)33-23-6-2-4-20(14-23)8-9-21-16-29-27(30-17-21)32-24-18-31-34(19-24)11-12-36/h2-7,14-19,26,36H,10-13H2,1H3,(H,33,37)(H,29,30,32)/t26-/m0/s1. The van der Waals surface area contributed by atoms with E-state index in [9.17, 15) is 4.79 Å². The highest BCUT2D eigenvalue weighted by Crippen LogP contribution is 2.32. The zero-order valence-electron chi connectivity index (χ0n) is 21.2. The molecule has 0 aliphatic carbocycles. The van der Waals surface area contributed by atoms with E-state index in [0.717, 1.165) is 22.6 Å². The van der Waals surface area contributed by atoms with E-state index in [1.807, 2.05) is 36.4 Å². The monoisotopic (exact) mass is 525 g/mol. The number of amides is 2. The van der Waals surface area contributed by atoms with Crippen LogP contribution in [0.15, 0.2) is 73.3 Å². The molecular weight excluding hydrogens is 498 g/mol. The number of hydrogen-bond donors (Lipinski definition) is 3. The number of nitrogens with one attached hydrogen (secondary N) is 2. The Labute approximate surface area is 225 Å². The van der Waals surface area contributed by atoms with E-state index in [1.54, 1.807) is 48.7 Å². The van der Waals surface area contributed by atoms with Gasteiger partial charge in [-0.2, -0.15) is 10.2 Å². The zero-order chi connectivity index (χ0) is 27.0. The molecule has 11 heteroatoms. The number of carbonyl (C=O) groups is 1. The molecule has 0 saturated carbocycles. The number of hydrogen-bond acceptors (Lipinski definition) is 8. The number of nitrogens with zero attached hydrogens (tertiary/aromatic N) is 5. The molecule has 2 aromatic carbocycles. The van der Waals surface area contributed by atoms with Gasteiger partial charge in [0.05, 0.1) is 50.4 Å². The number of aromatic nitrogens is 4. The van der Waals surface area contributed by atoms with Crippen LogP contribution in [-0.4, -0.2) is 56.3 Å². The van der Waals surface area contributed by atoms with Crippen molar-refractivity contribution in [3.8, 4) is 17.6 Å². The molecule has 1 saturated heterocycles.